The number of aliphatic hydroxyl groups is 1. The quantitative estimate of drug-likeness (QED) is 0.778. The van der Waals surface area contributed by atoms with Gasteiger partial charge in [0.15, 0.2) is 0 Å². The summed E-state index contributed by atoms with van der Waals surface area (Å²) in [5, 5.41) is 10.4. The van der Waals surface area contributed by atoms with E-state index < -0.39 is 6.10 Å². The van der Waals surface area contributed by atoms with Crippen LogP contribution < -0.4 is 0 Å². The highest BCUT2D eigenvalue weighted by atomic mass is 16.5. The lowest BCUT2D eigenvalue weighted by atomic mass is 9.70. The van der Waals surface area contributed by atoms with Gasteiger partial charge in [0, 0.05) is 18.6 Å². The van der Waals surface area contributed by atoms with Crippen LogP contribution in [0.1, 0.15) is 67.7 Å². The van der Waals surface area contributed by atoms with Gasteiger partial charge in [-0.15, -0.1) is 0 Å². The van der Waals surface area contributed by atoms with Gasteiger partial charge in [0.2, 0.25) is 0 Å². The molecule has 3 heteroatoms. The summed E-state index contributed by atoms with van der Waals surface area (Å²) in [7, 11) is 0. The summed E-state index contributed by atoms with van der Waals surface area (Å²) in [5.74, 6) is 0.794. The lowest BCUT2D eigenvalue weighted by Crippen LogP contribution is -2.46. The maximum atomic E-state index is 10.4. The molecule has 0 saturated heterocycles. The minimum absolute atomic E-state index is 0.252. The number of hydrogen-bond acceptors (Lipinski definition) is 3. The largest absolute Gasteiger partial charge is 0.389 e. The van der Waals surface area contributed by atoms with Gasteiger partial charge in [-0.1, -0.05) is 20.8 Å². The number of aliphatic hydroxyl groups excluding tert-OH is 1. The summed E-state index contributed by atoms with van der Waals surface area (Å²) in [6, 6.07) is 0.900. The van der Waals surface area contributed by atoms with E-state index in [9.17, 15) is 5.11 Å². The number of nitrogens with zero attached hydrogens (tertiary/aromatic N) is 1. The fraction of sp³-hybridized carbons (Fsp3) is 1.00. The molecule has 2 aliphatic carbocycles. The Bertz CT molecular complexity index is 367. The predicted molar refractivity (Wildman–Crippen MR) is 92.0 cm³/mol. The first-order chi connectivity index (χ1) is 10.1. The molecule has 0 aliphatic heterocycles. The summed E-state index contributed by atoms with van der Waals surface area (Å²) in [4.78, 5) is 2.34. The Morgan fingerprint density at radius 2 is 1.73 bits per heavy atom. The number of ether oxygens (including phenoxy) is 1. The van der Waals surface area contributed by atoms with Crippen LogP contribution in [0.4, 0.5) is 0 Å². The van der Waals surface area contributed by atoms with Crippen LogP contribution in [0.2, 0.25) is 0 Å². The van der Waals surface area contributed by atoms with Gasteiger partial charge in [-0.2, -0.15) is 0 Å². The van der Waals surface area contributed by atoms with Gasteiger partial charge in [0.05, 0.1) is 18.8 Å². The third kappa shape index (κ3) is 3.37. The van der Waals surface area contributed by atoms with Crippen molar-refractivity contribution in [2.75, 3.05) is 13.2 Å². The SMILES string of the molecule is CC(C)N(C[C@H](O)CO[C@@H]1C(C)(C)[C@H]2CC[C@@]1(C)C2)C(C)C. The van der Waals surface area contributed by atoms with E-state index in [2.05, 4.69) is 53.4 Å². The van der Waals surface area contributed by atoms with E-state index in [0.29, 0.717) is 36.8 Å². The fourth-order valence-electron chi connectivity index (χ4n) is 5.19. The molecule has 2 bridgehead atoms. The van der Waals surface area contributed by atoms with E-state index in [1.54, 1.807) is 0 Å². The molecule has 2 saturated carbocycles. The molecule has 2 fully saturated rings. The van der Waals surface area contributed by atoms with Gasteiger partial charge in [-0.25, -0.2) is 0 Å². The Morgan fingerprint density at radius 3 is 2.18 bits per heavy atom. The van der Waals surface area contributed by atoms with Crippen LogP contribution in [-0.4, -0.2) is 47.4 Å². The third-order valence-corrected chi connectivity index (χ3v) is 6.34. The molecular formula is C19H37NO2. The molecule has 0 aromatic rings. The third-order valence-electron chi connectivity index (χ3n) is 6.34. The van der Waals surface area contributed by atoms with Crippen molar-refractivity contribution in [2.24, 2.45) is 16.7 Å². The average molecular weight is 312 g/mol. The van der Waals surface area contributed by atoms with Crippen molar-refractivity contribution >= 4 is 0 Å². The molecule has 0 unspecified atom stereocenters. The van der Waals surface area contributed by atoms with E-state index in [1.165, 1.54) is 19.3 Å². The first kappa shape index (κ1) is 18.2. The van der Waals surface area contributed by atoms with Gasteiger partial charge in [0.25, 0.3) is 0 Å². The summed E-state index contributed by atoms with van der Waals surface area (Å²) in [6.07, 6.45) is 3.82. The van der Waals surface area contributed by atoms with Crippen molar-refractivity contribution in [1.82, 2.24) is 4.90 Å². The zero-order chi connectivity index (χ0) is 16.7. The summed E-state index contributed by atoms with van der Waals surface area (Å²) in [5.41, 5.74) is 0.576. The molecule has 0 spiro atoms. The molecule has 0 radical (unpaired) electrons. The molecule has 22 heavy (non-hydrogen) atoms. The highest BCUT2D eigenvalue weighted by molar-refractivity contribution is 5.09. The monoisotopic (exact) mass is 311 g/mol. The number of rotatable bonds is 7. The molecule has 130 valence electrons. The minimum Gasteiger partial charge on any atom is -0.389 e. The number of hydrogen-bond donors (Lipinski definition) is 1. The van der Waals surface area contributed by atoms with Gasteiger partial charge in [-0.05, 0) is 63.7 Å². The van der Waals surface area contributed by atoms with E-state index in [1.807, 2.05) is 0 Å². The van der Waals surface area contributed by atoms with Crippen LogP contribution in [0.5, 0.6) is 0 Å². The molecule has 3 nitrogen and oxygen atoms in total. The molecule has 0 aromatic carbocycles. The number of fused-ring (bicyclic) bond motifs is 2. The first-order valence-electron chi connectivity index (χ1n) is 9.13. The standard InChI is InChI=1S/C19H37NO2/c1-13(2)20(14(3)4)11-16(21)12-22-17-18(5,6)15-8-9-19(17,7)10-15/h13-17,21H,8-12H2,1-7H3/t15-,16-,17+,19-/m0/s1. The van der Waals surface area contributed by atoms with Gasteiger partial charge >= 0.3 is 0 Å². The maximum absolute atomic E-state index is 10.4. The minimum atomic E-state index is -0.400. The highest BCUT2D eigenvalue weighted by Crippen LogP contribution is 2.63. The van der Waals surface area contributed by atoms with Crippen molar-refractivity contribution in [3.8, 4) is 0 Å². The van der Waals surface area contributed by atoms with Crippen LogP contribution >= 0.6 is 0 Å². The average Bonchev–Trinajstić information content (AvgIpc) is 2.85. The Hall–Kier alpha value is -0.120. The second-order valence-corrected chi connectivity index (χ2v) is 9.17. The van der Waals surface area contributed by atoms with Crippen molar-refractivity contribution in [2.45, 2.75) is 92.0 Å². The van der Waals surface area contributed by atoms with Crippen LogP contribution in [-0.2, 0) is 4.74 Å². The van der Waals surface area contributed by atoms with Gasteiger partial charge in [0.1, 0.15) is 0 Å². The lowest BCUT2D eigenvalue weighted by Gasteiger charge is -2.43. The van der Waals surface area contributed by atoms with Gasteiger partial charge in [-0.3, -0.25) is 4.90 Å². The van der Waals surface area contributed by atoms with Crippen molar-refractivity contribution in [3.63, 3.8) is 0 Å². The Balaban J connectivity index is 1.90. The molecule has 2 aliphatic rings. The predicted octanol–water partition coefficient (Wildman–Crippen LogP) is 3.70. The van der Waals surface area contributed by atoms with E-state index in [4.69, 9.17) is 4.74 Å². The molecule has 2 rings (SSSR count). The molecule has 0 aromatic heterocycles. The first-order valence-corrected chi connectivity index (χ1v) is 9.13. The normalized spacial score (nSPS) is 35.0. The Morgan fingerprint density at radius 1 is 1.14 bits per heavy atom. The molecule has 4 atom stereocenters. The molecule has 0 heterocycles. The second kappa shape index (κ2) is 6.41. The topological polar surface area (TPSA) is 32.7 Å². The molecule has 1 N–H and O–H groups in total. The van der Waals surface area contributed by atoms with Crippen molar-refractivity contribution in [3.05, 3.63) is 0 Å². The van der Waals surface area contributed by atoms with E-state index >= 15 is 0 Å². The highest BCUT2D eigenvalue weighted by Gasteiger charge is 2.60. The zero-order valence-corrected chi connectivity index (χ0v) is 15.7. The fourth-order valence-corrected chi connectivity index (χ4v) is 5.19. The Kier molecular flexibility index (Phi) is 5.31. The lowest BCUT2D eigenvalue weighted by molar-refractivity contribution is -0.115. The van der Waals surface area contributed by atoms with Crippen LogP contribution in [0, 0.1) is 16.7 Å². The van der Waals surface area contributed by atoms with E-state index in [0.717, 1.165) is 5.92 Å². The van der Waals surface area contributed by atoms with Crippen molar-refractivity contribution in [1.29, 1.82) is 0 Å². The summed E-state index contributed by atoms with van der Waals surface area (Å²) < 4.78 is 6.30. The van der Waals surface area contributed by atoms with E-state index in [-0.39, 0.29) is 5.41 Å². The smallest absolute Gasteiger partial charge is 0.0900 e. The maximum Gasteiger partial charge on any atom is 0.0900 e. The molecular weight excluding hydrogens is 274 g/mol. The summed E-state index contributed by atoms with van der Waals surface area (Å²) >= 11 is 0. The summed E-state index contributed by atoms with van der Waals surface area (Å²) in [6.45, 7) is 17.0. The van der Waals surface area contributed by atoms with Crippen LogP contribution in [0.25, 0.3) is 0 Å². The zero-order valence-electron chi connectivity index (χ0n) is 15.7. The van der Waals surface area contributed by atoms with Crippen molar-refractivity contribution < 1.29 is 9.84 Å². The van der Waals surface area contributed by atoms with Crippen LogP contribution in [0.15, 0.2) is 0 Å². The Labute approximate surface area is 137 Å². The van der Waals surface area contributed by atoms with Gasteiger partial charge < -0.3 is 9.84 Å². The van der Waals surface area contributed by atoms with Crippen LogP contribution in [0.3, 0.4) is 0 Å². The molecule has 0 amide bonds. The second-order valence-electron chi connectivity index (χ2n) is 9.17.